The molecule has 0 aliphatic carbocycles. The van der Waals surface area contributed by atoms with Crippen LogP contribution >= 0.6 is 0 Å². The van der Waals surface area contributed by atoms with E-state index in [9.17, 15) is 9.90 Å². The number of nitrogens with one attached hydrogen (secondary N) is 1. The van der Waals surface area contributed by atoms with Crippen molar-refractivity contribution >= 4 is 17.0 Å². The minimum Gasteiger partial charge on any atom is -0.481 e. The number of benzene rings is 2. The Labute approximate surface area is 216 Å². The van der Waals surface area contributed by atoms with E-state index in [1.165, 1.54) is 11.1 Å². The second-order valence-corrected chi connectivity index (χ2v) is 10.6. The Hall–Kier alpha value is -3.59. The number of carbonyl (C=O) groups is 1. The van der Waals surface area contributed by atoms with E-state index in [1.807, 2.05) is 26.1 Å². The third-order valence-electron chi connectivity index (χ3n) is 7.70. The largest absolute Gasteiger partial charge is 0.481 e. The monoisotopic (exact) mass is 501 g/mol. The van der Waals surface area contributed by atoms with Gasteiger partial charge in [-0.15, -0.1) is 5.10 Å². The second-order valence-electron chi connectivity index (χ2n) is 10.6. The average molecular weight is 502 g/mol. The third kappa shape index (κ3) is 4.87. The van der Waals surface area contributed by atoms with Gasteiger partial charge in [-0.05, 0) is 67.1 Å². The number of aryl methyl sites for hydroxylation is 3. The fourth-order valence-electron chi connectivity index (χ4n) is 5.53. The number of carboxylic acid groups (broad SMARTS) is 1. The van der Waals surface area contributed by atoms with Crippen LogP contribution in [0.5, 0.6) is 0 Å². The fraction of sp³-hybridized carbons (Fsp3) is 0.464. The number of likely N-dealkylation sites (tertiary alicyclic amines) is 1. The highest BCUT2D eigenvalue weighted by molar-refractivity contribution is 5.80. The zero-order valence-electron chi connectivity index (χ0n) is 22.2. The minimum atomic E-state index is -0.823. The van der Waals surface area contributed by atoms with Crippen molar-refractivity contribution in [3.63, 3.8) is 0 Å². The van der Waals surface area contributed by atoms with Crippen LogP contribution in [0.15, 0.2) is 30.3 Å². The first kappa shape index (κ1) is 25.1. The molecule has 0 radical (unpaired) electrons. The van der Waals surface area contributed by atoms with Gasteiger partial charge in [-0.25, -0.2) is 9.67 Å². The molecule has 194 valence electrons. The van der Waals surface area contributed by atoms with E-state index >= 15 is 0 Å². The number of carboxylic acids is 1. The number of hydrogen-bond acceptors (Lipinski definition) is 6. The van der Waals surface area contributed by atoms with Gasteiger partial charge >= 0.3 is 5.97 Å². The second kappa shape index (κ2) is 10.0. The maximum atomic E-state index is 12.0. The lowest BCUT2D eigenvalue weighted by Crippen LogP contribution is -2.24. The Morgan fingerprint density at radius 1 is 1.22 bits per heavy atom. The fourth-order valence-corrected chi connectivity index (χ4v) is 5.53. The van der Waals surface area contributed by atoms with E-state index in [0.29, 0.717) is 0 Å². The Kier molecular flexibility index (Phi) is 6.81. The third-order valence-corrected chi connectivity index (χ3v) is 7.70. The van der Waals surface area contributed by atoms with Crippen LogP contribution in [0, 0.1) is 13.8 Å². The topological polar surface area (TPSA) is 113 Å². The molecule has 5 rings (SSSR count). The highest BCUT2D eigenvalue weighted by atomic mass is 16.4. The summed E-state index contributed by atoms with van der Waals surface area (Å²) in [4.78, 5) is 19.2. The van der Waals surface area contributed by atoms with Crippen LogP contribution in [0.4, 0.5) is 0 Å². The standard InChI is InChI=1S/C28H35N7O2/c1-16(2)27-29-28(32-31-27)24-7-6-12-35(24)15-20-13-19(9-8-17(20)3)22(14-25(36)37)21-10-11-23-26(18(21)4)30-33-34(23)5/h8-11,13,16,22,24H,6-7,12,14-15H2,1-5H3,(H,36,37)(H,29,31,32). The summed E-state index contributed by atoms with van der Waals surface area (Å²) in [5.41, 5.74) is 7.12. The number of hydrogen-bond donors (Lipinski definition) is 2. The molecule has 0 amide bonds. The lowest BCUT2D eigenvalue weighted by molar-refractivity contribution is -0.137. The average Bonchev–Trinajstić information content (AvgIpc) is 3.60. The highest BCUT2D eigenvalue weighted by Crippen LogP contribution is 2.36. The van der Waals surface area contributed by atoms with Crippen molar-refractivity contribution in [3.05, 3.63) is 69.8 Å². The van der Waals surface area contributed by atoms with Gasteiger partial charge in [0.05, 0.1) is 18.0 Å². The summed E-state index contributed by atoms with van der Waals surface area (Å²) in [6.07, 6.45) is 2.17. The first-order valence-corrected chi connectivity index (χ1v) is 13.0. The summed E-state index contributed by atoms with van der Waals surface area (Å²) in [7, 11) is 1.86. The molecule has 0 bridgehead atoms. The highest BCUT2D eigenvalue weighted by Gasteiger charge is 2.30. The first-order chi connectivity index (χ1) is 17.7. The SMILES string of the molecule is Cc1ccc(C(CC(=O)O)c2ccc3c(nnn3C)c2C)cc1CN1CCCC1c1nc(C(C)C)n[nH]1. The van der Waals surface area contributed by atoms with Crippen LogP contribution in [-0.2, 0) is 18.4 Å². The van der Waals surface area contributed by atoms with Crippen LogP contribution in [0.1, 0.15) is 90.5 Å². The van der Waals surface area contributed by atoms with Gasteiger partial charge in [0, 0.05) is 25.4 Å². The molecule has 1 aliphatic rings. The molecular formula is C28H35N7O2. The number of H-pyrrole nitrogens is 1. The Morgan fingerprint density at radius 2 is 2.03 bits per heavy atom. The van der Waals surface area contributed by atoms with E-state index in [-0.39, 0.29) is 24.3 Å². The molecule has 4 aromatic rings. The van der Waals surface area contributed by atoms with Crippen LogP contribution in [0.2, 0.25) is 0 Å². The van der Waals surface area contributed by atoms with Crippen molar-refractivity contribution in [2.75, 3.05) is 6.54 Å². The molecule has 2 unspecified atom stereocenters. The van der Waals surface area contributed by atoms with Crippen molar-refractivity contribution in [2.45, 2.75) is 71.4 Å². The number of nitrogens with zero attached hydrogens (tertiary/aromatic N) is 6. The van der Waals surface area contributed by atoms with Gasteiger partial charge in [0.25, 0.3) is 0 Å². The minimum absolute atomic E-state index is 0.0114. The number of fused-ring (bicyclic) bond motifs is 1. The van der Waals surface area contributed by atoms with Crippen LogP contribution in [0.25, 0.3) is 11.0 Å². The van der Waals surface area contributed by atoms with Crippen LogP contribution in [0.3, 0.4) is 0 Å². The lowest BCUT2D eigenvalue weighted by atomic mass is 9.84. The number of aromatic nitrogens is 6. The predicted octanol–water partition coefficient (Wildman–Crippen LogP) is 4.77. The zero-order valence-corrected chi connectivity index (χ0v) is 22.2. The molecule has 0 saturated carbocycles. The molecule has 2 atom stereocenters. The van der Waals surface area contributed by atoms with Crippen molar-refractivity contribution in [1.82, 2.24) is 35.1 Å². The van der Waals surface area contributed by atoms with Crippen molar-refractivity contribution in [3.8, 4) is 0 Å². The normalized spacial score (nSPS) is 17.2. The van der Waals surface area contributed by atoms with Gasteiger partial charge in [-0.2, -0.15) is 5.10 Å². The summed E-state index contributed by atoms with van der Waals surface area (Å²) in [5.74, 6) is 0.977. The molecule has 9 heteroatoms. The van der Waals surface area contributed by atoms with Gasteiger partial charge < -0.3 is 5.11 Å². The Morgan fingerprint density at radius 3 is 2.76 bits per heavy atom. The summed E-state index contributed by atoms with van der Waals surface area (Å²) in [5, 5.41) is 25.9. The molecule has 3 heterocycles. The lowest BCUT2D eigenvalue weighted by Gasteiger charge is -2.25. The van der Waals surface area contributed by atoms with Crippen molar-refractivity contribution in [1.29, 1.82) is 0 Å². The summed E-state index contributed by atoms with van der Waals surface area (Å²) < 4.78 is 1.74. The first-order valence-electron chi connectivity index (χ1n) is 13.0. The summed E-state index contributed by atoms with van der Waals surface area (Å²) in [6.45, 7) is 10.1. The smallest absolute Gasteiger partial charge is 0.304 e. The van der Waals surface area contributed by atoms with Crippen LogP contribution in [-0.4, -0.2) is 52.7 Å². The molecule has 0 spiro atoms. The predicted molar refractivity (Wildman–Crippen MR) is 141 cm³/mol. The van der Waals surface area contributed by atoms with Gasteiger partial charge in [-0.3, -0.25) is 14.8 Å². The molecule has 2 N–H and O–H groups in total. The van der Waals surface area contributed by atoms with Gasteiger partial charge in [0.2, 0.25) is 0 Å². The molecule has 37 heavy (non-hydrogen) atoms. The maximum Gasteiger partial charge on any atom is 0.304 e. The summed E-state index contributed by atoms with van der Waals surface area (Å²) >= 11 is 0. The van der Waals surface area contributed by atoms with Crippen molar-refractivity contribution in [2.24, 2.45) is 7.05 Å². The van der Waals surface area contributed by atoms with E-state index in [2.05, 4.69) is 64.4 Å². The molecule has 9 nitrogen and oxygen atoms in total. The number of aromatic amines is 1. The Bertz CT molecular complexity index is 1440. The van der Waals surface area contributed by atoms with E-state index < -0.39 is 5.97 Å². The van der Waals surface area contributed by atoms with E-state index in [1.54, 1.807) is 4.68 Å². The maximum absolute atomic E-state index is 12.0. The van der Waals surface area contributed by atoms with Gasteiger partial charge in [0.1, 0.15) is 11.3 Å². The quantitative estimate of drug-likeness (QED) is 0.357. The molecule has 2 aromatic carbocycles. The van der Waals surface area contributed by atoms with Crippen LogP contribution < -0.4 is 0 Å². The van der Waals surface area contributed by atoms with Crippen molar-refractivity contribution < 1.29 is 9.90 Å². The van der Waals surface area contributed by atoms with Gasteiger partial charge in [0.15, 0.2) is 5.82 Å². The number of aliphatic carboxylic acids is 1. The van der Waals surface area contributed by atoms with E-state index in [0.717, 1.165) is 65.3 Å². The molecule has 1 saturated heterocycles. The molecular weight excluding hydrogens is 466 g/mol. The zero-order chi connectivity index (χ0) is 26.3. The molecule has 2 aromatic heterocycles. The Balaban J connectivity index is 1.47. The van der Waals surface area contributed by atoms with E-state index in [4.69, 9.17) is 4.98 Å². The van der Waals surface area contributed by atoms with Gasteiger partial charge in [-0.1, -0.05) is 43.3 Å². The molecule has 1 aliphatic heterocycles. The summed E-state index contributed by atoms with van der Waals surface area (Å²) in [6, 6.07) is 10.6. The molecule has 1 fully saturated rings. The number of rotatable bonds is 8.